The highest BCUT2D eigenvalue weighted by Gasteiger charge is 2.11. The molecule has 1 amide bonds. The number of alkyl halides is 2. The van der Waals surface area contributed by atoms with Crippen molar-refractivity contribution in [3.63, 3.8) is 0 Å². The lowest BCUT2D eigenvalue weighted by atomic mass is 10.1. The van der Waals surface area contributed by atoms with E-state index in [4.69, 9.17) is 9.47 Å². The number of hydrogen-bond acceptors (Lipinski definition) is 5. The molecule has 0 aliphatic rings. The lowest BCUT2D eigenvalue weighted by molar-refractivity contribution is -0.0498. The molecule has 2 aromatic carbocycles. The second kappa shape index (κ2) is 9.51. The van der Waals surface area contributed by atoms with Gasteiger partial charge in [-0.2, -0.15) is 13.9 Å². The highest BCUT2D eigenvalue weighted by molar-refractivity contribution is 6.02. The zero-order valence-corrected chi connectivity index (χ0v) is 15.2. The number of methoxy groups -OCH3 is 2. The van der Waals surface area contributed by atoms with E-state index in [2.05, 4.69) is 15.3 Å². The zero-order chi connectivity index (χ0) is 19.8. The normalized spacial score (nSPS) is 11.3. The summed E-state index contributed by atoms with van der Waals surface area (Å²) in [6, 6.07) is 10.8. The van der Waals surface area contributed by atoms with Crippen molar-refractivity contribution in [2.24, 2.45) is 5.10 Å². The van der Waals surface area contributed by atoms with Gasteiger partial charge in [0.25, 0.3) is 5.91 Å². The fourth-order valence-electron chi connectivity index (χ4n) is 2.34. The maximum atomic E-state index is 12.3. The molecule has 2 rings (SSSR count). The topological polar surface area (TPSA) is 69.2 Å². The van der Waals surface area contributed by atoms with Gasteiger partial charge in [-0.3, -0.25) is 4.79 Å². The van der Waals surface area contributed by atoms with E-state index in [1.165, 1.54) is 26.4 Å². The molecule has 0 saturated carbocycles. The van der Waals surface area contributed by atoms with E-state index in [-0.39, 0.29) is 5.75 Å². The molecule has 0 aromatic heterocycles. The minimum Gasteiger partial charge on any atom is -0.493 e. The first-order chi connectivity index (χ1) is 13.0. The Morgan fingerprint density at radius 3 is 2.22 bits per heavy atom. The van der Waals surface area contributed by atoms with Gasteiger partial charge >= 0.3 is 6.61 Å². The van der Waals surface area contributed by atoms with Crippen LogP contribution in [0.1, 0.15) is 29.3 Å². The second-order valence-electron chi connectivity index (χ2n) is 5.33. The van der Waals surface area contributed by atoms with Crippen molar-refractivity contribution >= 4 is 11.6 Å². The van der Waals surface area contributed by atoms with Gasteiger partial charge < -0.3 is 14.2 Å². The van der Waals surface area contributed by atoms with E-state index in [9.17, 15) is 13.6 Å². The third-order valence-corrected chi connectivity index (χ3v) is 3.69. The molecule has 2 aromatic rings. The Balaban J connectivity index is 2.13. The van der Waals surface area contributed by atoms with Gasteiger partial charge in [-0.25, -0.2) is 5.43 Å². The number of hydrogen-bond donors (Lipinski definition) is 1. The summed E-state index contributed by atoms with van der Waals surface area (Å²) in [5.41, 5.74) is 4.12. The van der Waals surface area contributed by atoms with Crippen molar-refractivity contribution in [1.29, 1.82) is 0 Å². The van der Waals surface area contributed by atoms with Gasteiger partial charge in [-0.05, 0) is 54.4 Å². The average Bonchev–Trinajstić information content (AvgIpc) is 2.68. The number of amides is 1. The number of halogens is 2. The summed E-state index contributed by atoms with van der Waals surface area (Å²) in [5.74, 6) is 0.579. The summed E-state index contributed by atoms with van der Waals surface area (Å²) in [6.07, 6.45) is 0.529. The van der Waals surface area contributed by atoms with Crippen LogP contribution in [0.5, 0.6) is 17.2 Å². The number of benzene rings is 2. The molecular weight excluding hydrogens is 358 g/mol. The molecule has 0 aliphatic carbocycles. The average molecular weight is 378 g/mol. The minimum atomic E-state index is -2.88. The number of ether oxygens (including phenoxy) is 3. The van der Waals surface area contributed by atoms with Crippen molar-refractivity contribution in [1.82, 2.24) is 5.43 Å². The summed E-state index contributed by atoms with van der Waals surface area (Å²) in [7, 11) is 2.99. The van der Waals surface area contributed by atoms with Crippen LogP contribution in [0, 0.1) is 0 Å². The van der Waals surface area contributed by atoms with Gasteiger partial charge in [0.05, 0.1) is 19.9 Å². The summed E-state index contributed by atoms with van der Waals surface area (Å²) in [6.45, 7) is -1.01. The van der Waals surface area contributed by atoms with Crippen LogP contribution in [0.3, 0.4) is 0 Å². The van der Waals surface area contributed by atoms with E-state index in [0.717, 1.165) is 0 Å². The van der Waals surface area contributed by atoms with Gasteiger partial charge in [0, 0.05) is 5.56 Å². The minimum absolute atomic E-state index is 0.0542. The Bertz CT molecular complexity index is 808. The first kappa shape index (κ1) is 20.2. The fraction of sp³-hybridized carbons (Fsp3) is 0.263. The lowest BCUT2D eigenvalue weighted by Gasteiger charge is -2.10. The Hall–Kier alpha value is -3.16. The smallest absolute Gasteiger partial charge is 0.387 e. The molecule has 0 spiro atoms. The highest BCUT2D eigenvalue weighted by Crippen LogP contribution is 2.27. The molecule has 8 heteroatoms. The van der Waals surface area contributed by atoms with E-state index in [1.807, 2.05) is 6.92 Å². The molecule has 144 valence electrons. The summed E-state index contributed by atoms with van der Waals surface area (Å²) in [4.78, 5) is 12.3. The molecule has 1 N–H and O–H groups in total. The van der Waals surface area contributed by atoms with Crippen molar-refractivity contribution in [2.75, 3.05) is 14.2 Å². The quantitative estimate of drug-likeness (QED) is 0.560. The van der Waals surface area contributed by atoms with Crippen LogP contribution < -0.4 is 19.6 Å². The molecule has 0 fully saturated rings. The first-order valence-corrected chi connectivity index (χ1v) is 8.12. The highest BCUT2D eigenvalue weighted by atomic mass is 19.3. The van der Waals surface area contributed by atoms with Crippen molar-refractivity contribution in [3.05, 3.63) is 53.6 Å². The largest absolute Gasteiger partial charge is 0.493 e. The van der Waals surface area contributed by atoms with Crippen molar-refractivity contribution < 1.29 is 27.8 Å². The Morgan fingerprint density at radius 2 is 1.67 bits per heavy atom. The van der Waals surface area contributed by atoms with Crippen molar-refractivity contribution in [2.45, 2.75) is 20.0 Å². The maximum absolute atomic E-state index is 12.3. The molecular formula is C19H20F2N2O4. The third-order valence-electron chi connectivity index (χ3n) is 3.69. The number of carbonyl (C=O) groups is 1. The summed E-state index contributed by atoms with van der Waals surface area (Å²) in [5, 5.41) is 4.13. The van der Waals surface area contributed by atoms with Crippen LogP contribution in [-0.2, 0) is 0 Å². The Kier molecular flexibility index (Phi) is 7.10. The summed E-state index contributed by atoms with van der Waals surface area (Å²) >= 11 is 0. The summed E-state index contributed by atoms with van der Waals surface area (Å²) < 4.78 is 39.0. The standard InChI is InChI=1S/C19H20F2N2O4/c1-4-15(12-5-8-14(9-6-12)27-19(20)21)22-23-18(24)13-7-10-16(25-2)17(11-13)26-3/h5-11,19H,4H2,1-3H3,(H,23,24). The van der Waals surface area contributed by atoms with Gasteiger partial charge in [-0.1, -0.05) is 6.92 Å². The van der Waals surface area contributed by atoms with Crippen LogP contribution in [0.25, 0.3) is 0 Å². The van der Waals surface area contributed by atoms with Crippen LogP contribution in [0.4, 0.5) is 8.78 Å². The molecule has 0 bridgehead atoms. The number of rotatable bonds is 8. The van der Waals surface area contributed by atoms with E-state index in [1.54, 1.807) is 30.3 Å². The van der Waals surface area contributed by atoms with Gasteiger partial charge in [0.2, 0.25) is 0 Å². The molecule has 0 unspecified atom stereocenters. The molecule has 0 radical (unpaired) electrons. The second-order valence-corrected chi connectivity index (χ2v) is 5.33. The predicted molar refractivity (Wildman–Crippen MR) is 96.9 cm³/mol. The van der Waals surface area contributed by atoms with Crippen LogP contribution in [0.15, 0.2) is 47.6 Å². The Labute approximate surface area is 155 Å². The van der Waals surface area contributed by atoms with E-state index >= 15 is 0 Å². The molecule has 0 atom stereocenters. The van der Waals surface area contributed by atoms with E-state index in [0.29, 0.717) is 34.8 Å². The van der Waals surface area contributed by atoms with Crippen molar-refractivity contribution in [3.8, 4) is 17.2 Å². The molecule has 0 saturated heterocycles. The van der Waals surface area contributed by atoms with E-state index < -0.39 is 12.5 Å². The van der Waals surface area contributed by atoms with Crippen LogP contribution >= 0.6 is 0 Å². The fourth-order valence-corrected chi connectivity index (χ4v) is 2.34. The van der Waals surface area contributed by atoms with Crippen LogP contribution in [0.2, 0.25) is 0 Å². The monoisotopic (exact) mass is 378 g/mol. The molecule has 0 heterocycles. The first-order valence-electron chi connectivity index (χ1n) is 8.12. The lowest BCUT2D eigenvalue weighted by Crippen LogP contribution is -2.20. The van der Waals surface area contributed by atoms with Gasteiger partial charge in [0.1, 0.15) is 5.75 Å². The molecule has 0 aliphatic heterocycles. The third kappa shape index (κ3) is 5.40. The zero-order valence-electron chi connectivity index (χ0n) is 15.2. The molecule has 27 heavy (non-hydrogen) atoms. The Morgan fingerprint density at radius 1 is 1.04 bits per heavy atom. The number of nitrogens with one attached hydrogen (secondary N) is 1. The number of carbonyl (C=O) groups excluding carboxylic acids is 1. The number of nitrogens with zero attached hydrogens (tertiary/aromatic N) is 1. The SMILES string of the molecule is CCC(=NNC(=O)c1ccc(OC)c(OC)c1)c1ccc(OC(F)F)cc1. The van der Waals surface area contributed by atoms with Gasteiger partial charge in [-0.15, -0.1) is 0 Å². The maximum Gasteiger partial charge on any atom is 0.387 e. The molecule has 6 nitrogen and oxygen atoms in total. The van der Waals surface area contributed by atoms with Gasteiger partial charge in [0.15, 0.2) is 11.5 Å². The predicted octanol–water partition coefficient (Wildman–Crippen LogP) is 3.85. The number of hydrazone groups is 1. The van der Waals surface area contributed by atoms with Crippen LogP contribution in [-0.4, -0.2) is 32.4 Å².